The van der Waals surface area contributed by atoms with E-state index in [1.807, 2.05) is 24.3 Å². The van der Waals surface area contributed by atoms with Crippen LogP contribution in [-0.4, -0.2) is 52.9 Å². The summed E-state index contributed by atoms with van der Waals surface area (Å²) in [6, 6.07) is 15.2. The monoisotopic (exact) mass is 493 g/mol. The van der Waals surface area contributed by atoms with Crippen LogP contribution in [0.4, 0.5) is 17.1 Å². The van der Waals surface area contributed by atoms with Gasteiger partial charge in [-0.25, -0.2) is 0 Å². The number of piperazine rings is 1. The van der Waals surface area contributed by atoms with Crippen LogP contribution in [0.3, 0.4) is 0 Å². The Morgan fingerprint density at radius 3 is 2.37 bits per heavy atom. The Balaban J connectivity index is 1.30. The molecule has 1 aliphatic rings. The van der Waals surface area contributed by atoms with Gasteiger partial charge in [0.15, 0.2) is 10.9 Å². The number of amides is 2. The molecule has 0 saturated carbocycles. The molecular weight excluding hydrogens is 470 g/mol. The van der Waals surface area contributed by atoms with Crippen LogP contribution in [0.5, 0.6) is 0 Å². The van der Waals surface area contributed by atoms with E-state index in [0.717, 1.165) is 5.69 Å². The van der Waals surface area contributed by atoms with E-state index < -0.39 is 10.8 Å². The number of thiocarbonyl (C=S) groups is 1. The predicted octanol–water partition coefficient (Wildman–Crippen LogP) is 3.59. The van der Waals surface area contributed by atoms with Gasteiger partial charge in [-0.05, 0) is 61.6 Å². The van der Waals surface area contributed by atoms with Crippen molar-refractivity contribution in [3.63, 3.8) is 0 Å². The van der Waals surface area contributed by atoms with Gasteiger partial charge < -0.3 is 19.5 Å². The number of hydrogen-bond donors (Lipinski definition) is 2. The lowest BCUT2D eigenvalue weighted by atomic mass is 10.1. The van der Waals surface area contributed by atoms with Gasteiger partial charge in [-0.3, -0.25) is 25.0 Å². The highest BCUT2D eigenvalue weighted by Gasteiger charge is 2.24. The van der Waals surface area contributed by atoms with Crippen molar-refractivity contribution in [1.82, 2.24) is 10.2 Å². The van der Waals surface area contributed by atoms with Gasteiger partial charge in [0.1, 0.15) is 0 Å². The van der Waals surface area contributed by atoms with Crippen molar-refractivity contribution in [3.8, 4) is 0 Å². The molecule has 2 N–H and O–H groups in total. The van der Waals surface area contributed by atoms with Crippen LogP contribution in [0.1, 0.15) is 26.5 Å². The van der Waals surface area contributed by atoms with Gasteiger partial charge in [0.2, 0.25) is 0 Å². The highest BCUT2D eigenvalue weighted by atomic mass is 32.1. The van der Waals surface area contributed by atoms with Gasteiger partial charge in [-0.15, -0.1) is 0 Å². The molecule has 2 amide bonds. The van der Waals surface area contributed by atoms with E-state index in [9.17, 15) is 19.7 Å². The number of carbonyl (C=O) groups is 2. The fourth-order valence-corrected chi connectivity index (χ4v) is 4.09. The summed E-state index contributed by atoms with van der Waals surface area (Å²) < 4.78 is 5.20. The van der Waals surface area contributed by atoms with Crippen molar-refractivity contribution < 1.29 is 18.9 Å². The first kappa shape index (κ1) is 23.9. The molecule has 0 unspecified atom stereocenters. The SMILES string of the molecule is Cc1c(C(=O)NC(=S)Nc2ccc(N3CCN(C(=O)c4ccco4)CC3)cc2)cccc1[N+](=O)[O-]. The van der Waals surface area contributed by atoms with Crippen LogP contribution in [0.15, 0.2) is 65.3 Å². The smallest absolute Gasteiger partial charge is 0.289 e. The number of benzene rings is 2. The molecule has 1 aliphatic heterocycles. The molecule has 3 aromatic rings. The molecule has 10 nitrogen and oxygen atoms in total. The van der Waals surface area contributed by atoms with Crippen molar-refractivity contribution in [1.29, 1.82) is 0 Å². The number of nitrogens with one attached hydrogen (secondary N) is 2. The minimum atomic E-state index is -0.527. The highest BCUT2D eigenvalue weighted by Crippen LogP contribution is 2.22. The standard InChI is InChI=1S/C24H23N5O5S/c1-16-19(4-2-5-20(16)29(32)33)22(30)26-24(35)25-17-7-9-18(10-8-17)27-11-13-28(14-12-27)23(31)21-6-3-15-34-21/h2-10,15H,11-14H2,1H3,(H2,25,26,30,35). The van der Waals surface area contributed by atoms with E-state index in [2.05, 4.69) is 15.5 Å². The number of nitrogens with zero attached hydrogens (tertiary/aromatic N) is 3. The van der Waals surface area contributed by atoms with Crippen LogP contribution in [0, 0.1) is 17.0 Å². The van der Waals surface area contributed by atoms with Crippen molar-refractivity contribution in [3.05, 3.63) is 87.9 Å². The Kier molecular flexibility index (Phi) is 7.06. The molecule has 4 rings (SSSR count). The largest absolute Gasteiger partial charge is 0.459 e. The number of rotatable bonds is 5. The minimum absolute atomic E-state index is 0.0821. The number of carbonyl (C=O) groups excluding carboxylic acids is 2. The van der Waals surface area contributed by atoms with E-state index in [-0.39, 0.29) is 27.8 Å². The predicted molar refractivity (Wildman–Crippen MR) is 135 cm³/mol. The van der Waals surface area contributed by atoms with Gasteiger partial charge in [0.25, 0.3) is 17.5 Å². The first-order chi connectivity index (χ1) is 16.8. The number of nitro benzene ring substituents is 1. The van der Waals surface area contributed by atoms with Crippen molar-refractivity contribution >= 4 is 46.2 Å². The van der Waals surface area contributed by atoms with Crippen molar-refractivity contribution in [2.75, 3.05) is 36.4 Å². The molecule has 0 bridgehead atoms. The zero-order chi connectivity index (χ0) is 24.9. The summed E-state index contributed by atoms with van der Waals surface area (Å²) in [5.74, 6) is -0.287. The Bertz CT molecular complexity index is 1250. The maximum Gasteiger partial charge on any atom is 0.289 e. The molecule has 0 aliphatic carbocycles. The fourth-order valence-electron chi connectivity index (χ4n) is 3.88. The molecule has 1 saturated heterocycles. The summed E-state index contributed by atoms with van der Waals surface area (Å²) in [5, 5.41) is 16.7. The summed E-state index contributed by atoms with van der Waals surface area (Å²) in [7, 11) is 0. The van der Waals surface area contributed by atoms with Gasteiger partial charge in [0.05, 0.1) is 11.2 Å². The quantitative estimate of drug-likeness (QED) is 0.314. The lowest BCUT2D eigenvalue weighted by Gasteiger charge is -2.35. The van der Waals surface area contributed by atoms with Crippen LogP contribution in [0.2, 0.25) is 0 Å². The van der Waals surface area contributed by atoms with E-state index in [0.29, 0.717) is 37.6 Å². The first-order valence-corrected chi connectivity index (χ1v) is 11.3. The highest BCUT2D eigenvalue weighted by molar-refractivity contribution is 7.80. The van der Waals surface area contributed by atoms with Crippen LogP contribution < -0.4 is 15.5 Å². The normalized spacial score (nSPS) is 13.3. The Morgan fingerprint density at radius 1 is 1.03 bits per heavy atom. The Morgan fingerprint density at radius 2 is 1.74 bits per heavy atom. The fraction of sp³-hybridized carbons (Fsp3) is 0.208. The number of anilines is 2. The molecule has 1 aromatic heterocycles. The first-order valence-electron chi connectivity index (χ1n) is 10.9. The lowest BCUT2D eigenvalue weighted by molar-refractivity contribution is -0.385. The zero-order valence-corrected chi connectivity index (χ0v) is 19.7. The van der Waals surface area contributed by atoms with Gasteiger partial charge in [-0.2, -0.15) is 0 Å². The van der Waals surface area contributed by atoms with Gasteiger partial charge in [0, 0.05) is 54.7 Å². The third kappa shape index (κ3) is 5.46. The molecule has 1 fully saturated rings. The van der Waals surface area contributed by atoms with E-state index in [4.69, 9.17) is 16.6 Å². The zero-order valence-electron chi connectivity index (χ0n) is 18.9. The van der Waals surface area contributed by atoms with E-state index in [1.54, 1.807) is 17.0 Å². The summed E-state index contributed by atoms with van der Waals surface area (Å²) >= 11 is 5.24. The second kappa shape index (κ2) is 10.3. The van der Waals surface area contributed by atoms with Crippen molar-refractivity contribution in [2.24, 2.45) is 0 Å². The molecule has 180 valence electrons. The average Bonchev–Trinajstić information content (AvgIpc) is 3.39. The summed E-state index contributed by atoms with van der Waals surface area (Å²) in [4.78, 5) is 39.5. The molecular formula is C24H23N5O5S. The third-order valence-corrected chi connectivity index (χ3v) is 5.97. The number of hydrogen-bond acceptors (Lipinski definition) is 7. The molecule has 11 heteroatoms. The Hall–Kier alpha value is -4.25. The molecule has 0 radical (unpaired) electrons. The second-order valence-electron chi connectivity index (χ2n) is 7.92. The van der Waals surface area contributed by atoms with Crippen LogP contribution in [-0.2, 0) is 0 Å². The summed E-state index contributed by atoms with van der Waals surface area (Å²) in [5.41, 5.74) is 2.01. The average molecular weight is 494 g/mol. The second-order valence-corrected chi connectivity index (χ2v) is 8.33. The Labute approximate surface area is 206 Å². The van der Waals surface area contributed by atoms with Crippen LogP contribution >= 0.6 is 12.2 Å². The lowest BCUT2D eigenvalue weighted by Crippen LogP contribution is -2.48. The molecule has 0 spiro atoms. The number of nitro groups is 1. The van der Waals surface area contributed by atoms with Crippen molar-refractivity contribution in [2.45, 2.75) is 6.92 Å². The van der Waals surface area contributed by atoms with E-state index in [1.165, 1.54) is 31.4 Å². The minimum Gasteiger partial charge on any atom is -0.459 e. The van der Waals surface area contributed by atoms with Gasteiger partial charge >= 0.3 is 0 Å². The number of furan rings is 1. The molecule has 0 atom stereocenters. The molecule has 2 heterocycles. The third-order valence-electron chi connectivity index (χ3n) is 5.76. The molecule has 2 aromatic carbocycles. The maximum absolute atomic E-state index is 12.5. The maximum atomic E-state index is 12.5. The molecule has 35 heavy (non-hydrogen) atoms. The van der Waals surface area contributed by atoms with E-state index >= 15 is 0 Å². The topological polar surface area (TPSA) is 121 Å². The summed E-state index contributed by atoms with van der Waals surface area (Å²) in [6.45, 7) is 4.08. The van der Waals surface area contributed by atoms with Crippen LogP contribution in [0.25, 0.3) is 0 Å². The summed E-state index contributed by atoms with van der Waals surface area (Å²) in [6.07, 6.45) is 1.49. The van der Waals surface area contributed by atoms with Gasteiger partial charge in [-0.1, -0.05) is 6.07 Å².